The highest BCUT2D eigenvalue weighted by atomic mass is 16.5. The lowest BCUT2D eigenvalue weighted by molar-refractivity contribution is -0.115. The van der Waals surface area contributed by atoms with Crippen molar-refractivity contribution in [3.05, 3.63) is 29.8 Å². The minimum absolute atomic E-state index is 0.0640. The Hall–Kier alpha value is -1.43. The molecule has 0 saturated carbocycles. The van der Waals surface area contributed by atoms with Crippen molar-refractivity contribution in [2.24, 2.45) is 0 Å². The number of anilines is 1. The molecule has 0 heterocycles. The number of para-hydroxylation sites is 1. The molecule has 0 aromatic heterocycles. The lowest BCUT2D eigenvalue weighted by Crippen LogP contribution is -2.41. The van der Waals surface area contributed by atoms with E-state index in [9.17, 15) is 4.79 Å². The molecule has 1 amide bonds. The van der Waals surface area contributed by atoms with Crippen LogP contribution in [0.5, 0.6) is 0 Å². The number of carbonyl (C=O) groups is 1. The van der Waals surface area contributed by atoms with E-state index in [1.165, 1.54) is 0 Å². The first-order chi connectivity index (χ1) is 8.67. The number of carbonyl (C=O) groups excluding carboxylic acids is 1. The zero-order valence-corrected chi connectivity index (χ0v) is 10.8. The summed E-state index contributed by atoms with van der Waals surface area (Å²) in [4.78, 5) is 11.7. The molecule has 0 aliphatic rings. The van der Waals surface area contributed by atoms with Gasteiger partial charge in [-0.05, 0) is 18.6 Å². The summed E-state index contributed by atoms with van der Waals surface area (Å²) in [5.41, 5.74) is 1.82. The average molecular weight is 252 g/mol. The molecular weight excluding hydrogens is 232 g/mol. The van der Waals surface area contributed by atoms with Crippen LogP contribution >= 0.6 is 0 Å². The quantitative estimate of drug-likeness (QED) is 0.662. The molecule has 1 rings (SSSR count). The Bertz CT molecular complexity index is 382. The predicted octanol–water partition coefficient (Wildman–Crippen LogP) is 0.530. The highest BCUT2D eigenvalue weighted by Crippen LogP contribution is 2.12. The monoisotopic (exact) mass is 252 g/mol. The maximum Gasteiger partial charge on any atom is 0.238 e. The van der Waals surface area contributed by atoms with Crippen LogP contribution in [0.15, 0.2) is 24.3 Å². The molecule has 0 radical (unpaired) electrons. The van der Waals surface area contributed by atoms with E-state index in [1.807, 2.05) is 31.2 Å². The van der Waals surface area contributed by atoms with Gasteiger partial charge < -0.3 is 20.5 Å². The third kappa shape index (κ3) is 4.83. The molecule has 1 atom stereocenters. The minimum Gasteiger partial charge on any atom is -0.395 e. The fourth-order valence-corrected chi connectivity index (χ4v) is 1.52. The molecule has 18 heavy (non-hydrogen) atoms. The number of aliphatic hydroxyl groups excluding tert-OH is 1. The summed E-state index contributed by atoms with van der Waals surface area (Å²) in [5, 5.41) is 14.8. The third-order valence-corrected chi connectivity index (χ3v) is 2.56. The Morgan fingerprint density at radius 3 is 2.78 bits per heavy atom. The molecule has 5 heteroatoms. The van der Waals surface area contributed by atoms with Crippen LogP contribution in [0.1, 0.15) is 5.56 Å². The van der Waals surface area contributed by atoms with Crippen molar-refractivity contribution in [2.45, 2.75) is 13.0 Å². The summed E-state index contributed by atoms with van der Waals surface area (Å²) >= 11 is 0. The zero-order chi connectivity index (χ0) is 13.4. The van der Waals surface area contributed by atoms with Gasteiger partial charge in [0.2, 0.25) is 5.91 Å². The SMILES string of the molecule is COCC(CO)NCC(=O)Nc1ccccc1C. The van der Waals surface area contributed by atoms with Gasteiger partial charge in [-0.2, -0.15) is 0 Å². The molecule has 100 valence electrons. The number of methoxy groups -OCH3 is 1. The molecule has 5 nitrogen and oxygen atoms in total. The summed E-state index contributed by atoms with van der Waals surface area (Å²) < 4.78 is 4.91. The lowest BCUT2D eigenvalue weighted by Gasteiger charge is -2.15. The van der Waals surface area contributed by atoms with Crippen LogP contribution in [0.4, 0.5) is 5.69 Å². The van der Waals surface area contributed by atoms with Gasteiger partial charge in [-0.25, -0.2) is 0 Å². The number of aryl methyl sites for hydroxylation is 1. The van der Waals surface area contributed by atoms with E-state index in [1.54, 1.807) is 7.11 Å². The topological polar surface area (TPSA) is 70.6 Å². The standard InChI is InChI=1S/C13H20N2O3/c1-10-5-3-4-6-12(10)15-13(17)7-14-11(8-16)9-18-2/h3-6,11,14,16H,7-9H2,1-2H3,(H,15,17). The maximum atomic E-state index is 11.7. The van der Waals surface area contributed by atoms with E-state index in [4.69, 9.17) is 9.84 Å². The van der Waals surface area contributed by atoms with Gasteiger partial charge >= 0.3 is 0 Å². The first-order valence-corrected chi connectivity index (χ1v) is 5.86. The van der Waals surface area contributed by atoms with Crippen molar-refractivity contribution < 1.29 is 14.6 Å². The second-order valence-electron chi connectivity index (χ2n) is 4.08. The number of aliphatic hydroxyl groups is 1. The van der Waals surface area contributed by atoms with Crippen LogP contribution in [0, 0.1) is 6.92 Å². The number of amides is 1. The summed E-state index contributed by atoms with van der Waals surface area (Å²) in [6, 6.07) is 7.36. The molecule has 1 aromatic carbocycles. The second-order valence-corrected chi connectivity index (χ2v) is 4.08. The molecule has 3 N–H and O–H groups in total. The molecule has 0 bridgehead atoms. The molecule has 0 saturated heterocycles. The summed E-state index contributed by atoms with van der Waals surface area (Å²) in [5.74, 6) is -0.140. The van der Waals surface area contributed by atoms with Crippen LogP contribution in [0.25, 0.3) is 0 Å². The van der Waals surface area contributed by atoms with E-state index in [0.29, 0.717) is 6.61 Å². The molecule has 0 aliphatic heterocycles. The first-order valence-electron chi connectivity index (χ1n) is 5.86. The van der Waals surface area contributed by atoms with Crippen LogP contribution in [-0.2, 0) is 9.53 Å². The van der Waals surface area contributed by atoms with Gasteiger partial charge in [-0.15, -0.1) is 0 Å². The number of nitrogens with one attached hydrogen (secondary N) is 2. The Morgan fingerprint density at radius 1 is 1.44 bits per heavy atom. The van der Waals surface area contributed by atoms with Crippen LogP contribution < -0.4 is 10.6 Å². The third-order valence-electron chi connectivity index (χ3n) is 2.56. The first kappa shape index (κ1) is 14.6. The zero-order valence-electron chi connectivity index (χ0n) is 10.8. The molecule has 0 spiro atoms. The van der Waals surface area contributed by atoms with Gasteiger partial charge in [-0.1, -0.05) is 18.2 Å². The number of rotatable bonds is 7. The van der Waals surface area contributed by atoms with E-state index >= 15 is 0 Å². The second kappa shape index (κ2) is 7.81. The van der Waals surface area contributed by atoms with Gasteiger partial charge in [0.05, 0.1) is 25.8 Å². The van der Waals surface area contributed by atoms with E-state index in [2.05, 4.69) is 10.6 Å². The molecule has 1 unspecified atom stereocenters. The van der Waals surface area contributed by atoms with Gasteiger partial charge in [0.15, 0.2) is 0 Å². The highest BCUT2D eigenvalue weighted by Gasteiger charge is 2.09. The predicted molar refractivity (Wildman–Crippen MR) is 70.6 cm³/mol. The highest BCUT2D eigenvalue weighted by molar-refractivity contribution is 5.92. The smallest absolute Gasteiger partial charge is 0.238 e. The van der Waals surface area contributed by atoms with Gasteiger partial charge in [0.25, 0.3) is 0 Å². The van der Waals surface area contributed by atoms with E-state index in [0.717, 1.165) is 11.3 Å². The van der Waals surface area contributed by atoms with Crippen molar-refractivity contribution >= 4 is 11.6 Å². The Balaban J connectivity index is 2.40. The van der Waals surface area contributed by atoms with Crippen molar-refractivity contribution in [1.29, 1.82) is 0 Å². The molecular formula is C13H20N2O3. The molecule has 0 fully saturated rings. The van der Waals surface area contributed by atoms with Crippen LogP contribution in [0.3, 0.4) is 0 Å². The Kier molecular flexibility index (Phi) is 6.35. The lowest BCUT2D eigenvalue weighted by atomic mass is 10.2. The number of ether oxygens (including phenoxy) is 1. The van der Waals surface area contributed by atoms with Crippen molar-refractivity contribution in [1.82, 2.24) is 5.32 Å². The number of hydrogen-bond donors (Lipinski definition) is 3. The Morgan fingerprint density at radius 2 is 2.17 bits per heavy atom. The maximum absolute atomic E-state index is 11.7. The van der Waals surface area contributed by atoms with Gasteiger partial charge in [-0.3, -0.25) is 4.79 Å². The summed E-state index contributed by atoms with van der Waals surface area (Å²) in [7, 11) is 1.55. The van der Waals surface area contributed by atoms with Crippen LogP contribution in [-0.4, -0.2) is 43.9 Å². The minimum atomic E-state index is -0.224. The van der Waals surface area contributed by atoms with Gasteiger partial charge in [0.1, 0.15) is 0 Å². The van der Waals surface area contributed by atoms with Crippen LogP contribution in [0.2, 0.25) is 0 Å². The fourth-order valence-electron chi connectivity index (χ4n) is 1.52. The normalized spacial score (nSPS) is 12.2. The summed E-state index contributed by atoms with van der Waals surface area (Å²) in [6.07, 6.45) is 0. The number of hydrogen-bond acceptors (Lipinski definition) is 4. The summed E-state index contributed by atoms with van der Waals surface area (Å²) in [6.45, 7) is 2.38. The van der Waals surface area contributed by atoms with Crippen molar-refractivity contribution in [3.8, 4) is 0 Å². The van der Waals surface area contributed by atoms with Crippen molar-refractivity contribution in [2.75, 3.05) is 32.2 Å². The molecule has 1 aromatic rings. The Labute approximate surface area is 107 Å². The molecule has 0 aliphatic carbocycles. The van der Waals surface area contributed by atoms with Gasteiger partial charge in [0, 0.05) is 12.8 Å². The average Bonchev–Trinajstić information content (AvgIpc) is 2.37. The largest absolute Gasteiger partial charge is 0.395 e. The van der Waals surface area contributed by atoms with Crippen molar-refractivity contribution in [3.63, 3.8) is 0 Å². The van der Waals surface area contributed by atoms with E-state index in [-0.39, 0.29) is 25.1 Å². The fraction of sp³-hybridized carbons (Fsp3) is 0.462. The number of benzene rings is 1. The van der Waals surface area contributed by atoms with E-state index < -0.39 is 0 Å².